The summed E-state index contributed by atoms with van der Waals surface area (Å²) in [5.74, 6) is 0.581. The molecule has 0 aliphatic rings. The molecule has 2 aromatic rings. The van der Waals surface area contributed by atoms with Gasteiger partial charge < -0.3 is 15.8 Å². The fraction of sp³-hybridized carbons (Fsp3) is 0.250. The van der Waals surface area contributed by atoms with Crippen molar-refractivity contribution in [2.75, 3.05) is 13.1 Å². The molecule has 3 N–H and O–H groups in total. The first-order valence-corrected chi connectivity index (χ1v) is 6.81. The van der Waals surface area contributed by atoms with Crippen LogP contribution in [0.25, 0.3) is 0 Å². The summed E-state index contributed by atoms with van der Waals surface area (Å²) in [6, 6.07) is 11.1. The number of rotatable bonds is 6. The van der Waals surface area contributed by atoms with Gasteiger partial charge in [0.1, 0.15) is 12.4 Å². The number of nitrogens with zero attached hydrogens (tertiary/aromatic N) is 1. The molecule has 0 spiro atoms. The monoisotopic (exact) mass is 285 g/mol. The number of pyridine rings is 1. The Morgan fingerprint density at radius 3 is 2.90 bits per heavy atom. The fourth-order valence-electron chi connectivity index (χ4n) is 1.80. The Labute approximate surface area is 124 Å². The number of amides is 1. The maximum absolute atomic E-state index is 11.9. The predicted molar refractivity (Wildman–Crippen MR) is 81.1 cm³/mol. The lowest BCUT2D eigenvalue weighted by Gasteiger charge is -2.08. The molecule has 5 nitrogen and oxygen atoms in total. The van der Waals surface area contributed by atoms with Crippen molar-refractivity contribution < 1.29 is 9.53 Å². The average Bonchev–Trinajstić information content (AvgIpc) is 2.52. The summed E-state index contributed by atoms with van der Waals surface area (Å²) in [5.41, 5.74) is 7.84. The Hall–Kier alpha value is -2.40. The van der Waals surface area contributed by atoms with Gasteiger partial charge in [-0.15, -0.1) is 0 Å². The van der Waals surface area contributed by atoms with E-state index in [1.807, 2.05) is 37.3 Å². The van der Waals surface area contributed by atoms with Crippen molar-refractivity contribution in [1.29, 1.82) is 0 Å². The Bertz CT molecular complexity index is 597. The van der Waals surface area contributed by atoms with E-state index in [1.54, 1.807) is 12.3 Å². The molecule has 0 aliphatic carbocycles. The molecule has 0 fully saturated rings. The van der Waals surface area contributed by atoms with Gasteiger partial charge in [0.25, 0.3) is 5.91 Å². The molecule has 21 heavy (non-hydrogen) atoms. The summed E-state index contributed by atoms with van der Waals surface area (Å²) in [7, 11) is 0. The molecule has 0 saturated carbocycles. The van der Waals surface area contributed by atoms with Gasteiger partial charge in [-0.25, -0.2) is 0 Å². The highest BCUT2D eigenvalue weighted by molar-refractivity contribution is 5.94. The number of carbonyl (C=O) groups excluding carboxylic acids is 1. The zero-order valence-electron chi connectivity index (χ0n) is 12.0. The average molecular weight is 285 g/mol. The molecule has 0 aliphatic heterocycles. The number of hydrogen-bond donors (Lipinski definition) is 2. The number of aryl methyl sites for hydroxylation is 1. The van der Waals surface area contributed by atoms with Crippen LogP contribution in [-0.2, 0) is 6.61 Å². The summed E-state index contributed by atoms with van der Waals surface area (Å²) in [4.78, 5) is 16.0. The fourth-order valence-corrected chi connectivity index (χ4v) is 1.80. The van der Waals surface area contributed by atoms with Gasteiger partial charge in [0.15, 0.2) is 0 Å². The van der Waals surface area contributed by atoms with Crippen molar-refractivity contribution in [3.05, 3.63) is 59.4 Å². The van der Waals surface area contributed by atoms with E-state index in [0.29, 0.717) is 31.0 Å². The number of nitrogens with one attached hydrogen (secondary N) is 1. The highest BCUT2D eigenvalue weighted by Gasteiger charge is 2.05. The van der Waals surface area contributed by atoms with Crippen LogP contribution in [0.2, 0.25) is 0 Å². The van der Waals surface area contributed by atoms with E-state index < -0.39 is 0 Å². The summed E-state index contributed by atoms with van der Waals surface area (Å²) in [5, 5.41) is 2.74. The summed E-state index contributed by atoms with van der Waals surface area (Å²) in [6.45, 7) is 3.21. The molecule has 1 amide bonds. The molecule has 0 radical (unpaired) electrons. The van der Waals surface area contributed by atoms with Crippen LogP contribution in [0.3, 0.4) is 0 Å². The largest absolute Gasteiger partial charge is 0.487 e. The summed E-state index contributed by atoms with van der Waals surface area (Å²) in [6.07, 6.45) is 1.69. The minimum absolute atomic E-state index is 0.126. The third kappa shape index (κ3) is 4.57. The molecule has 0 saturated heterocycles. The van der Waals surface area contributed by atoms with Crippen molar-refractivity contribution in [3.63, 3.8) is 0 Å². The molecule has 1 aromatic heterocycles. The first kappa shape index (κ1) is 15.0. The second-order valence-electron chi connectivity index (χ2n) is 4.67. The topological polar surface area (TPSA) is 77.2 Å². The van der Waals surface area contributed by atoms with E-state index in [0.717, 1.165) is 11.3 Å². The third-order valence-electron chi connectivity index (χ3n) is 2.91. The van der Waals surface area contributed by atoms with E-state index in [1.165, 1.54) is 0 Å². The maximum atomic E-state index is 11.9. The van der Waals surface area contributed by atoms with Crippen LogP contribution in [-0.4, -0.2) is 24.0 Å². The van der Waals surface area contributed by atoms with Crippen LogP contribution in [0, 0.1) is 6.92 Å². The third-order valence-corrected chi connectivity index (χ3v) is 2.91. The van der Waals surface area contributed by atoms with Gasteiger partial charge in [-0.1, -0.05) is 12.1 Å². The molecule has 0 atom stereocenters. The molecule has 0 bridgehead atoms. The number of aromatic nitrogens is 1. The van der Waals surface area contributed by atoms with Gasteiger partial charge in [-0.05, 0) is 36.8 Å². The van der Waals surface area contributed by atoms with Crippen LogP contribution in [0.1, 0.15) is 21.6 Å². The molecule has 110 valence electrons. The SMILES string of the molecule is Cc1ccc(OCc2cccc(C(=O)NCCN)c2)cn1. The van der Waals surface area contributed by atoms with Crippen LogP contribution >= 0.6 is 0 Å². The minimum Gasteiger partial charge on any atom is -0.487 e. The van der Waals surface area contributed by atoms with Gasteiger partial charge in [0.05, 0.1) is 6.20 Å². The quantitative estimate of drug-likeness (QED) is 0.846. The zero-order valence-corrected chi connectivity index (χ0v) is 12.0. The zero-order chi connectivity index (χ0) is 15.1. The van der Waals surface area contributed by atoms with Gasteiger partial charge >= 0.3 is 0 Å². The highest BCUT2D eigenvalue weighted by atomic mass is 16.5. The first-order chi connectivity index (χ1) is 10.2. The number of benzene rings is 1. The van der Waals surface area contributed by atoms with E-state index in [-0.39, 0.29) is 5.91 Å². The molecule has 1 heterocycles. The number of nitrogens with two attached hydrogens (primary N) is 1. The maximum Gasteiger partial charge on any atom is 0.251 e. The van der Waals surface area contributed by atoms with Crippen LogP contribution < -0.4 is 15.8 Å². The van der Waals surface area contributed by atoms with Crippen molar-refractivity contribution in [1.82, 2.24) is 10.3 Å². The van der Waals surface area contributed by atoms with Gasteiger partial charge in [-0.3, -0.25) is 9.78 Å². The molecular formula is C16H19N3O2. The summed E-state index contributed by atoms with van der Waals surface area (Å²) >= 11 is 0. The Morgan fingerprint density at radius 2 is 2.19 bits per heavy atom. The predicted octanol–water partition coefficient (Wildman–Crippen LogP) is 1.66. The Balaban J connectivity index is 1.97. The normalized spacial score (nSPS) is 10.2. The Kier molecular flexibility index (Phi) is 5.29. The second kappa shape index (κ2) is 7.40. The van der Waals surface area contributed by atoms with Crippen molar-refractivity contribution >= 4 is 5.91 Å². The van der Waals surface area contributed by atoms with Gasteiger partial charge in [-0.2, -0.15) is 0 Å². The van der Waals surface area contributed by atoms with Crippen molar-refractivity contribution in [3.8, 4) is 5.75 Å². The lowest BCUT2D eigenvalue weighted by atomic mass is 10.1. The molecule has 2 rings (SSSR count). The lowest BCUT2D eigenvalue weighted by molar-refractivity contribution is 0.0954. The lowest BCUT2D eigenvalue weighted by Crippen LogP contribution is -2.29. The smallest absolute Gasteiger partial charge is 0.251 e. The van der Waals surface area contributed by atoms with E-state index in [2.05, 4.69) is 10.3 Å². The number of hydrogen-bond acceptors (Lipinski definition) is 4. The van der Waals surface area contributed by atoms with E-state index >= 15 is 0 Å². The highest BCUT2D eigenvalue weighted by Crippen LogP contribution is 2.12. The van der Waals surface area contributed by atoms with Crippen LogP contribution in [0.4, 0.5) is 0 Å². The first-order valence-electron chi connectivity index (χ1n) is 6.81. The van der Waals surface area contributed by atoms with Gasteiger partial charge in [0.2, 0.25) is 0 Å². The van der Waals surface area contributed by atoms with Crippen LogP contribution in [0.5, 0.6) is 5.75 Å². The summed E-state index contributed by atoms with van der Waals surface area (Å²) < 4.78 is 5.65. The van der Waals surface area contributed by atoms with E-state index in [4.69, 9.17) is 10.5 Å². The molecular weight excluding hydrogens is 266 g/mol. The Morgan fingerprint density at radius 1 is 1.33 bits per heavy atom. The van der Waals surface area contributed by atoms with E-state index in [9.17, 15) is 4.79 Å². The van der Waals surface area contributed by atoms with Crippen molar-refractivity contribution in [2.24, 2.45) is 5.73 Å². The standard InChI is InChI=1S/C16H19N3O2/c1-12-5-6-15(10-19-12)21-11-13-3-2-4-14(9-13)16(20)18-8-7-17/h2-6,9-10H,7-8,11,17H2,1H3,(H,18,20). The van der Waals surface area contributed by atoms with Crippen LogP contribution in [0.15, 0.2) is 42.6 Å². The number of ether oxygens (including phenoxy) is 1. The number of carbonyl (C=O) groups is 1. The minimum atomic E-state index is -0.126. The molecule has 5 heteroatoms. The molecule has 1 aromatic carbocycles. The molecule has 0 unspecified atom stereocenters. The second-order valence-corrected chi connectivity index (χ2v) is 4.67. The van der Waals surface area contributed by atoms with Crippen molar-refractivity contribution in [2.45, 2.75) is 13.5 Å². The van der Waals surface area contributed by atoms with Gasteiger partial charge in [0, 0.05) is 24.3 Å².